The zero-order chi connectivity index (χ0) is 14.9. The summed E-state index contributed by atoms with van der Waals surface area (Å²) in [5.74, 6) is 1.28. The largest absolute Gasteiger partial charge is 0.378 e. The Labute approximate surface area is 123 Å². The van der Waals surface area contributed by atoms with Crippen LogP contribution in [0.2, 0.25) is 0 Å². The molecule has 2 fully saturated rings. The first-order chi connectivity index (χ1) is 9.40. The van der Waals surface area contributed by atoms with Gasteiger partial charge in [0, 0.05) is 12.6 Å². The molecule has 0 aromatic heterocycles. The highest BCUT2D eigenvalue weighted by atomic mass is 16.5. The molecule has 116 valence electrons. The number of rotatable bonds is 4. The second-order valence-electron chi connectivity index (χ2n) is 7.14. The van der Waals surface area contributed by atoms with Crippen molar-refractivity contribution in [3.8, 4) is 0 Å². The van der Waals surface area contributed by atoms with Gasteiger partial charge in [-0.15, -0.1) is 0 Å². The van der Waals surface area contributed by atoms with Crippen LogP contribution in [0, 0.1) is 11.8 Å². The summed E-state index contributed by atoms with van der Waals surface area (Å²) < 4.78 is 5.63. The molecular formula is C16H30N2O2. The van der Waals surface area contributed by atoms with E-state index in [0.717, 1.165) is 25.9 Å². The fourth-order valence-corrected chi connectivity index (χ4v) is 3.46. The van der Waals surface area contributed by atoms with Crippen molar-refractivity contribution >= 4 is 5.91 Å². The molecule has 4 nitrogen and oxygen atoms in total. The maximum absolute atomic E-state index is 12.8. The Balaban J connectivity index is 2.12. The molecule has 2 saturated heterocycles. The Kier molecular flexibility index (Phi) is 5.08. The first kappa shape index (κ1) is 15.8. The highest BCUT2D eigenvalue weighted by Gasteiger charge is 2.44. The van der Waals surface area contributed by atoms with Gasteiger partial charge in [-0.1, -0.05) is 27.7 Å². The fraction of sp³-hybridized carbons (Fsp3) is 0.938. The van der Waals surface area contributed by atoms with Crippen LogP contribution in [0.4, 0.5) is 0 Å². The van der Waals surface area contributed by atoms with Crippen LogP contribution >= 0.6 is 0 Å². The summed E-state index contributed by atoms with van der Waals surface area (Å²) in [7, 11) is 0. The topological polar surface area (TPSA) is 41.6 Å². The molecule has 0 bridgehead atoms. The molecule has 4 atom stereocenters. The van der Waals surface area contributed by atoms with Gasteiger partial charge in [0.2, 0.25) is 5.91 Å². The van der Waals surface area contributed by atoms with Crippen LogP contribution in [-0.4, -0.2) is 41.8 Å². The third-order valence-corrected chi connectivity index (χ3v) is 4.41. The summed E-state index contributed by atoms with van der Waals surface area (Å²) in [4.78, 5) is 14.9. The normalized spacial score (nSPS) is 35.4. The number of nitrogens with zero attached hydrogens (tertiary/aromatic N) is 1. The Morgan fingerprint density at radius 3 is 2.60 bits per heavy atom. The predicted molar refractivity (Wildman–Crippen MR) is 80.3 cm³/mol. The SMILES string of the molecule is CC(C)CC1NC(C(C)C)N(C2CCOC(C)C2)C1=O. The van der Waals surface area contributed by atoms with Crippen molar-refractivity contribution in [2.24, 2.45) is 11.8 Å². The second-order valence-corrected chi connectivity index (χ2v) is 7.14. The van der Waals surface area contributed by atoms with Crippen LogP contribution < -0.4 is 5.32 Å². The van der Waals surface area contributed by atoms with Crippen LogP contribution in [0.15, 0.2) is 0 Å². The number of hydrogen-bond acceptors (Lipinski definition) is 3. The minimum Gasteiger partial charge on any atom is -0.378 e. The van der Waals surface area contributed by atoms with Crippen molar-refractivity contribution in [2.75, 3.05) is 6.61 Å². The van der Waals surface area contributed by atoms with Gasteiger partial charge >= 0.3 is 0 Å². The van der Waals surface area contributed by atoms with Crippen LogP contribution in [0.5, 0.6) is 0 Å². The zero-order valence-electron chi connectivity index (χ0n) is 13.6. The molecule has 0 aromatic carbocycles. The third kappa shape index (κ3) is 3.34. The Morgan fingerprint density at radius 1 is 1.35 bits per heavy atom. The van der Waals surface area contributed by atoms with Gasteiger partial charge in [-0.2, -0.15) is 0 Å². The lowest BCUT2D eigenvalue weighted by atomic mass is 9.99. The van der Waals surface area contributed by atoms with Gasteiger partial charge < -0.3 is 9.64 Å². The molecule has 1 amide bonds. The molecule has 2 aliphatic heterocycles. The summed E-state index contributed by atoms with van der Waals surface area (Å²) in [6.07, 6.45) is 3.30. The van der Waals surface area contributed by atoms with E-state index in [1.165, 1.54) is 0 Å². The van der Waals surface area contributed by atoms with E-state index in [1.807, 2.05) is 0 Å². The minimum atomic E-state index is 0.000510. The first-order valence-corrected chi connectivity index (χ1v) is 8.10. The highest BCUT2D eigenvalue weighted by molar-refractivity contribution is 5.84. The lowest BCUT2D eigenvalue weighted by molar-refractivity contribution is -0.136. The minimum absolute atomic E-state index is 0.000510. The number of carbonyl (C=O) groups excluding carboxylic acids is 1. The first-order valence-electron chi connectivity index (χ1n) is 8.10. The molecule has 2 heterocycles. The van der Waals surface area contributed by atoms with Gasteiger partial charge in [-0.3, -0.25) is 10.1 Å². The van der Waals surface area contributed by atoms with Crippen molar-refractivity contribution in [3.63, 3.8) is 0 Å². The van der Waals surface area contributed by atoms with Crippen molar-refractivity contribution in [1.29, 1.82) is 0 Å². The molecule has 20 heavy (non-hydrogen) atoms. The quantitative estimate of drug-likeness (QED) is 0.861. The van der Waals surface area contributed by atoms with Crippen LogP contribution in [-0.2, 0) is 9.53 Å². The average Bonchev–Trinajstić information content (AvgIpc) is 2.66. The number of ether oxygens (including phenoxy) is 1. The van der Waals surface area contributed by atoms with Crippen LogP contribution in [0.3, 0.4) is 0 Å². The smallest absolute Gasteiger partial charge is 0.241 e. The van der Waals surface area contributed by atoms with Crippen LogP contribution in [0.1, 0.15) is 53.9 Å². The summed E-state index contributed by atoms with van der Waals surface area (Å²) in [6.45, 7) is 11.6. The third-order valence-electron chi connectivity index (χ3n) is 4.41. The Bertz CT molecular complexity index is 343. The molecule has 0 radical (unpaired) electrons. The van der Waals surface area contributed by atoms with Crippen molar-refractivity contribution in [2.45, 2.75) is 78.2 Å². The molecule has 1 N–H and O–H groups in total. The van der Waals surface area contributed by atoms with E-state index >= 15 is 0 Å². The molecular weight excluding hydrogens is 252 g/mol. The van der Waals surface area contributed by atoms with E-state index in [-0.39, 0.29) is 18.3 Å². The molecule has 2 rings (SSSR count). The zero-order valence-corrected chi connectivity index (χ0v) is 13.6. The number of hydrogen-bond donors (Lipinski definition) is 1. The average molecular weight is 282 g/mol. The summed E-state index contributed by atoms with van der Waals surface area (Å²) in [6, 6.07) is 0.337. The highest BCUT2D eigenvalue weighted by Crippen LogP contribution is 2.29. The van der Waals surface area contributed by atoms with E-state index in [4.69, 9.17) is 4.74 Å². The second kappa shape index (κ2) is 6.44. The maximum atomic E-state index is 12.8. The fourth-order valence-electron chi connectivity index (χ4n) is 3.46. The standard InChI is InChI=1S/C16H30N2O2/c1-10(2)8-14-16(19)18(15(17-14)11(3)4)13-6-7-20-12(5)9-13/h10-15,17H,6-9H2,1-5H3. The summed E-state index contributed by atoms with van der Waals surface area (Å²) in [5.41, 5.74) is 0. The number of amides is 1. The van der Waals surface area contributed by atoms with E-state index in [1.54, 1.807) is 0 Å². The Morgan fingerprint density at radius 2 is 2.05 bits per heavy atom. The van der Waals surface area contributed by atoms with E-state index < -0.39 is 0 Å². The summed E-state index contributed by atoms with van der Waals surface area (Å²) >= 11 is 0. The maximum Gasteiger partial charge on any atom is 0.241 e. The van der Waals surface area contributed by atoms with Gasteiger partial charge in [0.15, 0.2) is 0 Å². The molecule has 2 aliphatic rings. The van der Waals surface area contributed by atoms with Crippen molar-refractivity contribution in [1.82, 2.24) is 10.2 Å². The molecule has 0 aromatic rings. The van der Waals surface area contributed by atoms with E-state index in [9.17, 15) is 4.79 Å². The van der Waals surface area contributed by atoms with Gasteiger partial charge in [-0.05, 0) is 38.0 Å². The van der Waals surface area contributed by atoms with E-state index in [2.05, 4.69) is 44.8 Å². The predicted octanol–water partition coefficient (Wildman–Crippen LogP) is 2.38. The van der Waals surface area contributed by atoms with Crippen molar-refractivity contribution in [3.05, 3.63) is 0 Å². The summed E-state index contributed by atoms with van der Waals surface area (Å²) in [5, 5.41) is 3.57. The van der Waals surface area contributed by atoms with Gasteiger partial charge in [0.05, 0.1) is 18.3 Å². The van der Waals surface area contributed by atoms with Crippen molar-refractivity contribution < 1.29 is 9.53 Å². The monoisotopic (exact) mass is 282 g/mol. The Hall–Kier alpha value is -0.610. The van der Waals surface area contributed by atoms with Gasteiger partial charge in [0.25, 0.3) is 0 Å². The molecule has 4 heteroatoms. The van der Waals surface area contributed by atoms with Crippen LogP contribution in [0.25, 0.3) is 0 Å². The van der Waals surface area contributed by atoms with Gasteiger partial charge in [-0.25, -0.2) is 0 Å². The van der Waals surface area contributed by atoms with Gasteiger partial charge in [0.1, 0.15) is 0 Å². The molecule has 0 aliphatic carbocycles. The van der Waals surface area contributed by atoms with E-state index in [0.29, 0.717) is 23.8 Å². The number of carbonyl (C=O) groups is 1. The lowest BCUT2D eigenvalue weighted by Gasteiger charge is -2.38. The molecule has 4 unspecified atom stereocenters. The number of nitrogens with one attached hydrogen (secondary N) is 1. The lowest BCUT2D eigenvalue weighted by Crippen LogP contribution is -2.50. The molecule has 0 saturated carbocycles. The molecule has 0 spiro atoms.